The van der Waals surface area contributed by atoms with Crippen LogP contribution in [0.3, 0.4) is 0 Å². The second-order valence-corrected chi connectivity index (χ2v) is 7.22. The van der Waals surface area contributed by atoms with Gasteiger partial charge in [0.1, 0.15) is 11.6 Å². The zero-order valence-corrected chi connectivity index (χ0v) is 14.5. The van der Waals surface area contributed by atoms with Crippen molar-refractivity contribution in [2.24, 2.45) is 0 Å². The predicted octanol–water partition coefficient (Wildman–Crippen LogP) is 2.35. The van der Waals surface area contributed by atoms with Crippen LogP contribution in [0.15, 0.2) is 23.1 Å². The Morgan fingerprint density at radius 2 is 2.12 bits per heavy atom. The molecular weight excluding hydrogens is 314 g/mol. The zero-order chi connectivity index (χ0) is 17.2. The second-order valence-electron chi connectivity index (χ2n) is 7.22. The van der Waals surface area contributed by atoms with E-state index in [2.05, 4.69) is 14.9 Å². The minimum absolute atomic E-state index is 0.0365. The van der Waals surface area contributed by atoms with E-state index < -0.39 is 0 Å². The maximum Gasteiger partial charge on any atom is 0.255 e. The van der Waals surface area contributed by atoms with Crippen LogP contribution in [0, 0.1) is 0 Å². The van der Waals surface area contributed by atoms with Crippen LogP contribution in [0.2, 0.25) is 0 Å². The molecule has 3 heterocycles. The van der Waals surface area contributed by atoms with E-state index in [-0.39, 0.29) is 5.56 Å². The molecule has 1 aliphatic carbocycles. The van der Waals surface area contributed by atoms with E-state index in [4.69, 9.17) is 10.7 Å². The van der Waals surface area contributed by atoms with Crippen molar-refractivity contribution in [3.63, 3.8) is 0 Å². The number of nitrogen functional groups attached to an aromatic ring is 1. The van der Waals surface area contributed by atoms with E-state index in [9.17, 15) is 4.79 Å². The minimum atomic E-state index is 0.0365. The van der Waals surface area contributed by atoms with Crippen molar-refractivity contribution in [3.8, 4) is 0 Å². The molecule has 0 radical (unpaired) electrons. The van der Waals surface area contributed by atoms with Gasteiger partial charge in [-0.05, 0) is 18.9 Å². The molecule has 0 spiro atoms. The quantitative estimate of drug-likeness (QED) is 0.896. The molecule has 2 aromatic heterocycles. The van der Waals surface area contributed by atoms with Gasteiger partial charge in [-0.3, -0.25) is 9.69 Å². The number of rotatable bonds is 3. The lowest BCUT2D eigenvalue weighted by Crippen LogP contribution is -2.36. The number of hydrogen-bond acceptors (Lipinski definition) is 5. The standard InChI is InChI=1S/C19H25N5O/c20-17-14(7-4-9-21-17)11-24-10-8-16-15(12-24)19(25)23-18(22-16)13-5-2-1-3-6-13/h4,7,9,13H,1-3,5-6,8,10-12H2,(H2,20,21)(H,22,23,25). The van der Waals surface area contributed by atoms with Gasteiger partial charge >= 0.3 is 0 Å². The molecule has 0 amide bonds. The van der Waals surface area contributed by atoms with E-state index in [1.54, 1.807) is 6.20 Å². The molecule has 0 saturated heterocycles. The van der Waals surface area contributed by atoms with Crippen LogP contribution in [0.1, 0.15) is 60.7 Å². The average Bonchev–Trinajstić information content (AvgIpc) is 2.65. The first-order valence-corrected chi connectivity index (χ1v) is 9.24. The summed E-state index contributed by atoms with van der Waals surface area (Å²) in [6.07, 6.45) is 8.60. The van der Waals surface area contributed by atoms with Crippen molar-refractivity contribution < 1.29 is 0 Å². The molecule has 1 fully saturated rings. The SMILES string of the molecule is Nc1ncccc1CN1CCc2nc(C3CCCCC3)[nH]c(=O)c2C1. The minimum Gasteiger partial charge on any atom is -0.383 e. The molecule has 0 atom stereocenters. The second kappa shape index (κ2) is 6.96. The molecule has 1 aliphatic heterocycles. The monoisotopic (exact) mass is 339 g/mol. The van der Waals surface area contributed by atoms with Crippen LogP contribution in [0.5, 0.6) is 0 Å². The van der Waals surface area contributed by atoms with Crippen molar-refractivity contribution >= 4 is 5.82 Å². The van der Waals surface area contributed by atoms with Crippen molar-refractivity contribution in [1.82, 2.24) is 19.9 Å². The maximum absolute atomic E-state index is 12.6. The summed E-state index contributed by atoms with van der Waals surface area (Å²) in [5, 5.41) is 0. The van der Waals surface area contributed by atoms with Gasteiger partial charge in [-0.1, -0.05) is 25.3 Å². The van der Waals surface area contributed by atoms with Gasteiger partial charge in [0, 0.05) is 43.7 Å². The number of aromatic nitrogens is 3. The Bertz CT molecular complexity index is 810. The van der Waals surface area contributed by atoms with Crippen LogP contribution >= 0.6 is 0 Å². The summed E-state index contributed by atoms with van der Waals surface area (Å²) >= 11 is 0. The van der Waals surface area contributed by atoms with Crippen LogP contribution in [-0.4, -0.2) is 26.4 Å². The fourth-order valence-corrected chi connectivity index (χ4v) is 4.03. The summed E-state index contributed by atoms with van der Waals surface area (Å²) < 4.78 is 0. The Balaban J connectivity index is 1.53. The molecule has 0 bridgehead atoms. The molecule has 2 aromatic rings. The molecule has 1 saturated carbocycles. The third-order valence-electron chi connectivity index (χ3n) is 5.48. The van der Waals surface area contributed by atoms with Gasteiger partial charge < -0.3 is 10.7 Å². The highest BCUT2D eigenvalue weighted by Crippen LogP contribution is 2.30. The lowest BCUT2D eigenvalue weighted by Gasteiger charge is -2.29. The number of H-pyrrole nitrogens is 1. The third-order valence-corrected chi connectivity index (χ3v) is 5.48. The van der Waals surface area contributed by atoms with Crippen LogP contribution < -0.4 is 11.3 Å². The highest BCUT2D eigenvalue weighted by atomic mass is 16.1. The number of anilines is 1. The number of hydrogen-bond donors (Lipinski definition) is 2. The summed E-state index contributed by atoms with van der Waals surface area (Å²) in [6, 6.07) is 3.89. The molecule has 6 heteroatoms. The fraction of sp³-hybridized carbons (Fsp3) is 0.526. The molecule has 6 nitrogen and oxygen atoms in total. The number of nitrogens with two attached hydrogens (primary N) is 1. The Kier molecular flexibility index (Phi) is 4.53. The largest absolute Gasteiger partial charge is 0.383 e. The number of nitrogens with one attached hydrogen (secondary N) is 1. The Morgan fingerprint density at radius 1 is 1.28 bits per heavy atom. The number of pyridine rings is 1. The van der Waals surface area contributed by atoms with E-state index >= 15 is 0 Å². The first kappa shape index (κ1) is 16.3. The summed E-state index contributed by atoms with van der Waals surface area (Å²) in [4.78, 5) is 26.9. The summed E-state index contributed by atoms with van der Waals surface area (Å²) in [5.74, 6) is 1.90. The van der Waals surface area contributed by atoms with E-state index in [0.29, 0.717) is 24.8 Å². The van der Waals surface area contributed by atoms with Gasteiger partial charge in [0.25, 0.3) is 5.56 Å². The molecule has 0 unspecified atom stereocenters. The molecule has 4 rings (SSSR count). The number of nitrogens with zero attached hydrogens (tertiary/aromatic N) is 3. The van der Waals surface area contributed by atoms with Crippen LogP contribution in [-0.2, 0) is 19.5 Å². The van der Waals surface area contributed by atoms with E-state index in [1.807, 2.05) is 12.1 Å². The maximum atomic E-state index is 12.6. The van der Waals surface area contributed by atoms with Crippen molar-refractivity contribution in [3.05, 3.63) is 51.3 Å². The topological polar surface area (TPSA) is 87.9 Å². The summed E-state index contributed by atoms with van der Waals surface area (Å²) in [5.41, 5.74) is 8.79. The predicted molar refractivity (Wildman–Crippen MR) is 97.2 cm³/mol. The average molecular weight is 339 g/mol. The van der Waals surface area contributed by atoms with Crippen molar-refractivity contribution in [1.29, 1.82) is 0 Å². The molecule has 132 valence electrons. The Morgan fingerprint density at radius 3 is 2.92 bits per heavy atom. The first-order valence-electron chi connectivity index (χ1n) is 9.24. The fourth-order valence-electron chi connectivity index (χ4n) is 4.03. The summed E-state index contributed by atoms with van der Waals surface area (Å²) in [7, 11) is 0. The highest BCUT2D eigenvalue weighted by molar-refractivity contribution is 5.38. The van der Waals surface area contributed by atoms with Gasteiger partial charge in [-0.2, -0.15) is 0 Å². The Labute approximate surface area is 147 Å². The molecule has 0 aromatic carbocycles. The van der Waals surface area contributed by atoms with Gasteiger partial charge in [0.2, 0.25) is 0 Å². The normalized spacial score (nSPS) is 18.9. The lowest BCUT2D eigenvalue weighted by atomic mass is 9.88. The number of aromatic amines is 1. The smallest absolute Gasteiger partial charge is 0.255 e. The third kappa shape index (κ3) is 3.44. The summed E-state index contributed by atoms with van der Waals surface area (Å²) in [6.45, 7) is 2.22. The highest BCUT2D eigenvalue weighted by Gasteiger charge is 2.24. The van der Waals surface area contributed by atoms with Crippen LogP contribution in [0.25, 0.3) is 0 Å². The van der Waals surface area contributed by atoms with Crippen molar-refractivity contribution in [2.75, 3.05) is 12.3 Å². The van der Waals surface area contributed by atoms with Crippen molar-refractivity contribution in [2.45, 2.75) is 57.5 Å². The molecule has 2 aliphatic rings. The van der Waals surface area contributed by atoms with E-state index in [1.165, 1.54) is 19.3 Å². The van der Waals surface area contributed by atoms with Crippen LogP contribution in [0.4, 0.5) is 5.82 Å². The van der Waals surface area contributed by atoms with Gasteiger partial charge in [0.05, 0.1) is 11.3 Å². The van der Waals surface area contributed by atoms with Gasteiger partial charge in [0.15, 0.2) is 0 Å². The molecular formula is C19H25N5O. The first-order chi connectivity index (χ1) is 12.2. The molecule has 3 N–H and O–H groups in total. The van der Waals surface area contributed by atoms with E-state index in [0.717, 1.165) is 48.5 Å². The van der Waals surface area contributed by atoms with Gasteiger partial charge in [-0.25, -0.2) is 9.97 Å². The lowest BCUT2D eigenvalue weighted by molar-refractivity contribution is 0.241. The molecule has 25 heavy (non-hydrogen) atoms. The zero-order valence-electron chi connectivity index (χ0n) is 14.5. The number of fused-ring (bicyclic) bond motifs is 1. The Hall–Kier alpha value is -2.21. The van der Waals surface area contributed by atoms with Gasteiger partial charge in [-0.15, -0.1) is 0 Å².